The molecule has 18 heavy (non-hydrogen) atoms. The van der Waals surface area contributed by atoms with Gasteiger partial charge in [-0.3, -0.25) is 0 Å². The molecule has 2 saturated heterocycles. The van der Waals surface area contributed by atoms with E-state index in [0.29, 0.717) is 23.9 Å². The second kappa shape index (κ2) is 4.84. The molecule has 0 aromatic carbocycles. The van der Waals surface area contributed by atoms with Crippen molar-refractivity contribution in [2.75, 3.05) is 12.4 Å². The number of pyridine rings is 1. The lowest BCUT2D eigenvalue weighted by molar-refractivity contribution is 0.0608. The summed E-state index contributed by atoms with van der Waals surface area (Å²) in [5.74, 6) is 0.260. The van der Waals surface area contributed by atoms with Gasteiger partial charge in [-0.2, -0.15) is 4.39 Å². The Kier molecular flexibility index (Phi) is 3.20. The number of fused-ring (bicyclic) bond motifs is 2. The molecule has 1 aromatic rings. The molecule has 1 N–H and O–H groups in total. The molecule has 0 spiro atoms. The molecule has 2 bridgehead atoms. The van der Waals surface area contributed by atoms with Crippen LogP contribution in [0, 0.1) is 5.95 Å². The number of halogens is 1. The van der Waals surface area contributed by atoms with Crippen molar-refractivity contribution >= 4 is 5.82 Å². The number of piperidine rings is 2. The molecule has 2 fully saturated rings. The molecular formula is C14H20FN3. The first-order valence-electron chi connectivity index (χ1n) is 6.83. The largest absolute Gasteiger partial charge is 0.367 e. The van der Waals surface area contributed by atoms with Gasteiger partial charge in [0.25, 0.3) is 0 Å². The van der Waals surface area contributed by atoms with E-state index in [4.69, 9.17) is 0 Å². The minimum Gasteiger partial charge on any atom is -0.367 e. The number of nitrogens with one attached hydrogen (secondary N) is 1. The molecule has 1 aromatic heterocycles. The number of anilines is 1. The van der Waals surface area contributed by atoms with Crippen LogP contribution in [0.1, 0.15) is 32.1 Å². The highest BCUT2D eigenvalue weighted by atomic mass is 19.1. The average molecular weight is 249 g/mol. The monoisotopic (exact) mass is 249 g/mol. The molecule has 0 radical (unpaired) electrons. The van der Waals surface area contributed by atoms with Crippen molar-refractivity contribution in [3.8, 4) is 0 Å². The molecule has 3 rings (SSSR count). The number of hydrogen-bond donors (Lipinski definition) is 1. The van der Waals surface area contributed by atoms with Crippen LogP contribution in [0.3, 0.4) is 0 Å². The van der Waals surface area contributed by atoms with Crippen molar-refractivity contribution in [2.45, 2.75) is 50.2 Å². The van der Waals surface area contributed by atoms with Crippen LogP contribution >= 0.6 is 0 Å². The highest BCUT2D eigenvalue weighted by molar-refractivity contribution is 5.35. The minimum atomic E-state index is -0.409. The van der Waals surface area contributed by atoms with Crippen molar-refractivity contribution in [1.29, 1.82) is 0 Å². The summed E-state index contributed by atoms with van der Waals surface area (Å²) in [7, 11) is 2.24. The standard InChI is InChI=1S/C14H20FN3/c1-18-11-4-2-5-12(18)9-10(8-11)16-14-7-3-6-13(15)17-14/h3,6-7,10-12H,2,4-5,8-9H2,1H3,(H,16,17). The number of nitrogens with zero attached hydrogens (tertiary/aromatic N) is 2. The molecule has 98 valence electrons. The number of hydrogen-bond acceptors (Lipinski definition) is 3. The maximum Gasteiger partial charge on any atom is 0.214 e. The Labute approximate surface area is 107 Å². The van der Waals surface area contributed by atoms with Gasteiger partial charge in [0.15, 0.2) is 0 Å². The van der Waals surface area contributed by atoms with Gasteiger partial charge in [0.05, 0.1) is 0 Å². The summed E-state index contributed by atoms with van der Waals surface area (Å²) in [5, 5.41) is 3.39. The molecule has 0 saturated carbocycles. The lowest BCUT2D eigenvalue weighted by atomic mass is 9.82. The third-order valence-electron chi connectivity index (χ3n) is 4.41. The highest BCUT2D eigenvalue weighted by Crippen LogP contribution is 2.33. The van der Waals surface area contributed by atoms with E-state index in [9.17, 15) is 4.39 Å². The Morgan fingerprint density at radius 1 is 1.28 bits per heavy atom. The lowest BCUT2D eigenvalue weighted by Gasteiger charge is -2.47. The number of aromatic nitrogens is 1. The molecule has 2 atom stereocenters. The van der Waals surface area contributed by atoms with Gasteiger partial charge in [0.2, 0.25) is 5.95 Å². The topological polar surface area (TPSA) is 28.2 Å². The van der Waals surface area contributed by atoms with Crippen LogP contribution in [0.15, 0.2) is 18.2 Å². The summed E-state index contributed by atoms with van der Waals surface area (Å²) in [6.07, 6.45) is 6.23. The minimum absolute atomic E-state index is 0.409. The van der Waals surface area contributed by atoms with E-state index in [2.05, 4.69) is 22.2 Å². The fourth-order valence-corrected chi connectivity index (χ4v) is 3.43. The van der Waals surface area contributed by atoms with Crippen molar-refractivity contribution in [3.05, 3.63) is 24.1 Å². The van der Waals surface area contributed by atoms with Gasteiger partial charge in [0, 0.05) is 18.1 Å². The molecule has 0 aliphatic carbocycles. The van der Waals surface area contributed by atoms with Gasteiger partial charge in [-0.1, -0.05) is 12.5 Å². The van der Waals surface area contributed by atoms with Crippen LogP contribution in [0.25, 0.3) is 0 Å². The Balaban J connectivity index is 1.68. The third-order valence-corrected chi connectivity index (χ3v) is 4.41. The predicted molar refractivity (Wildman–Crippen MR) is 70.0 cm³/mol. The summed E-state index contributed by atoms with van der Waals surface area (Å²) in [6, 6.07) is 6.74. The van der Waals surface area contributed by atoms with E-state index in [1.807, 2.05) is 6.07 Å². The van der Waals surface area contributed by atoms with Crippen LogP contribution < -0.4 is 5.32 Å². The number of rotatable bonds is 2. The Bertz CT molecular complexity index is 409. The Morgan fingerprint density at radius 2 is 2.00 bits per heavy atom. The van der Waals surface area contributed by atoms with E-state index in [0.717, 1.165) is 12.8 Å². The van der Waals surface area contributed by atoms with Crippen LogP contribution in [-0.4, -0.2) is 35.1 Å². The molecule has 3 heterocycles. The zero-order chi connectivity index (χ0) is 12.5. The second-order valence-corrected chi connectivity index (χ2v) is 5.56. The first-order valence-corrected chi connectivity index (χ1v) is 6.83. The van der Waals surface area contributed by atoms with Crippen LogP contribution in [0.5, 0.6) is 0 Å². The van der Waals surface area contributed by atoms with Crippen molar-refractivity contribution in [2.24, 2.45) is 0 Å². The first-order chi connectivity index (χ1) is 8.72. The van der Waals surface area contributed by atoms with E-state index in [1.165, 1.54) is 25.3 Å². The molecule has 0 amide bonds. The quantitative estimate of drug-likeness (QED) is 0.817. The second-order valence-electron chi connectivity index (χ2n) is 5.56. The van der Waals surface area contributed by atoms with E-state index < -0.39 is 5.95 Å². The molecule has 2 unspecified atom stereocenters. The van der Waals surface area contributed by atoms with Gasteiger partial charge in [-0.25, -0.2) is 4.98 Å². The Morgan fingerprint density at radius 3 is 2.67 bits per heavy atom. The third kappa shape index (κ3) is 2.34. The predicted octanol–water partition coefficient (Wildman–Crippen LogP) is 2.65. The molecular weight excluding hydrogens is 229 g/mol. The van der Waals surface area contributed by atoms with Gasteiger partial charge in [0.1, 0.15) is 5.82 Å². The fraction of sp³-hybridized carbons (Fsp3) is 0.643. The zero-order valence-electron chi connectivity index (χ0n) is 10.8. The fourth-order valence-electron chi connectivity index (χ4n) is 3.43. The average Bonchev–Trinajstić information content (AvgIpc) is 2.30. The molecule has 4 heteroatoms. The van der Waals surface area contributed by atoms with Crippen molar-refractivity contribution in [1.82, 2.24) is 9.88 Å². The zero-order valence-corrected chi connectivity index (χ0v) is 10.8. The summed E-state index contributed by atoms with van der Waals surface area (Å²) < 4.78 is 13.1. The highest BCUT2D eigenvalue weighted by Gasteiger charge is 2.35. The molecule has 3 nitrogen and oxygen atoms in total. The smallest absolute Gasteiger partial charge is 0.214 e. The molecule has 2 aliphatic rings. The van der Waals surface area contributed by atoms with Gasteiger partial charge < -0.3 is 10.2 Å². The van der Waals surface area contributed by atoms with Crippen molar-refractivity contribution in [3.63, 3.8) is 0 Å². The van der Waals surface area contributed by atoms with Gasteiger partial charge in [-0.15, -0.1) is 0 Å². The van der Waals surface area contributed by atoms with E-state index in [1.54, 1.807) is 6.07 Å². The lowest BCUT2D eigenvalue weighted by Crippen LogP contribution is -2.52. The van der Waals surface area contributed by atoms with Crippen LogP contribution in [0.2, 0.25) is 0 Å². The SMILES string of the molecule is CN1C2CCCC1CC(Nc1cccc(F)n1)C2. The Hall–Kier alpha value is -1.16. The summed E-state index contributed by atoms with van der Waals surface area (Å²) in [6.45, 7) is 0. The maximum atomic E-state index is 13.1. The summed E-state index contributed by atoms with van der Waals surface area (Å²) in [4.78, 5) is 6.42. The van der Waals surface area contributed by atoms with Crippen LogP contribution in [0.4, 0.5) is 10.2 Å². The summed E-state index contributed by atoms with van der Waals surface area (Å²) in [5.41, 5.74) is 0. The first kappa shape index (κ1) is 11.9. The van der Waals surface area contributed by atoms with E-state index >= 15 is 0 Å². The van der Waals surface area contributed by atoms with Gasteiger partial charge >= 0.3 is 0 Å². The normalized spacial score (nSPS) is 32.2. The summed E-state index contributed by atoms with van der Waals surface area (Å²) >= 11 is 0. The van der Waals surface area contributed by atoms with E-state index in [-0.39, 0.29) is 0 Å². The molecule has 2 aliphatic heterocycles. The van der Waals surface area contributed by atoms with Gasteiger partial charge in [-0.05, 0) is 44.9 Å². The van der Waals surface area contributed by atoms with Crippen molar-refractivity contribution < 1.29 is 4.39 Å². The maximum absolute atomic E-state index is 13.1. The van der Waals surface area contributed by atoms with Crippen LogP contribution in [-0.2, 0) is 0 Å².